The molecule has 4 rings (SSSR count). The van der Waals surface area contributed by atoms with E-state index < -0.39 is 90.9 Å². The molecule has 0 spiro atoms. The molecule has 10 atom stereocenters. The fourth-order valence-corrected chi connectivity index (χ4v) is 4.59. The van der Waals surface area contributed by atoms with Crippen LogP contribution in [0.25, 0.3) is 6.08 Å². The summed E-state index contributed by atoms with van der Waals surface area (Å²) in [6.45, 7) is 0.676. The Kier molecular flexibility index (Phi) is 10.0. The molecule has 230 valence electrons. The Hall–Kier alpha value is -3.31. The van der Waals surface area contributed by atoms with E-state index in [9.17, 15) is 45.6 Å². The number of phenolic OH excluding ortho intramolecular Hbond substituents is 2. The topological polar surface area (TPSA) is 225 Å². The van der Waals surface area contributed by atoms with Gasteiger partial charge in [0.05, 0.1) is 19.8 Å². The summed E-state index contributed by atoms with van der Waals surface area (Å²) in [7, 11) is 1.52. The number of carbonyl (C=O) groups excluding carboxylic acids is 1. The number of benzene rings is 2. The molecule has 14 nitrogen and oxygen atoms in total. The number of hydrogen-bond donors (Lipinski definition) is 8. The fourth-order valence-electron chi connectivity index (χ4n) is 4.59. The molecule has 0 bridgehead atoms. The van der Waals surface area contributed by atoms with Crippen LogP contribution in [0.3, 0.4) is 0 Å². The van der Waals surface area contributed by atoms with Crippen molar-refractivity contribution in [3.63, 3.8) is 0 Å². The highest BCUT2D eigenvalue weighted by molar-refractivity contribution is 6.10. The van der Waals surface area contributed by atoms with Gasteiger partial charge in [-0.1, -0.05) is 18.2 Å². The Balaban J connectivity index is 1.54. The second kappa shape index (κ2) is 13.3. The summed E-state index contributed by atoms with van der Waals surface area (Å²) in [4.78, 5) is 12.7. The molecule has 0 amide bonds. The van der Waals surface area contributed by atoms with Crippen LogP contribution in [-0.2, 0) is 14.2 Å². The minimum Gasteiger partial charge on any atom is -0.507 e. The van der Waals surface area contributed by atoms with Gasteiger partial charge in [0, 0.05) is 12.1 Å². The van der Waals surface area contributed by atoms with E-state index in [1.807, 2.05) is 0 Å². The van der Waals surface area contributed by atoms with Crippen LogP contribution in [0.2, 0.25) is 0 Å². The highest BCUT2D eigenvalue weighted by atomic mass is 16.8. The zero-order valence-corrected chi connectivity index (χ0v) is 22.6. The lowest BCUT2D eigenvalue weighted by molar-refractivity contribution is -0.354. The lowest BCUT2D eigenvalue weighted by atomic mass is 9.97. The Morgan fingerprint density at radius 3 is 2.10 bits per heavy atom. The van der Waals surface area contributed by atoms with E-state index in [1.54, 1.807) is 24.3 Å². The van der Waals surface area contributed by atoms with Gasteiger partial charge in [-0.2, -0.15) is 0 Å². The van der Waals surface area contributed by atoms with Crippen molar-refractivity contribution in [3.05, 3.63) is 53.6 Å². The normalized spacial score (nSPS) is 33.4. The fraction of sp³-hybridized carbons (Fsp3) is 0.464. The second-order valence-electron chi connectivity index (χ2n) is 9.91. The molecule has 2 aliphatic heterocycles. The smallest absolute Gasteiger partial charge is 0.229 e. The van der Waals surface area contributed by atoms with Crippen molar-refractivity contribution in [2.75, 3.05) is 13.7 Å². The van der Waals surface area contributed by atoms with Crippen LogP contribution in [0.1, 0.15) is 22.8 Å². The maximum Gasteiger partial charge on any atom is 0.229 e. The predicted molar refractivity (Wildman–Crippen MR) is 142 cm³/mol. The zero-order chi connectivity index (χ0) is 30.7. The lowest BCUT2D eigenvalue weighted by Gasteiger charge is -2.45. The van der Waals surface area contributed by atoms with Crippen LogP contribution in [0.4, 0.5) is 0 Å². The Morgan fingerprint density at radius 1 is 0.857 bits per heavy atom. The number of phenols is 2. The second-order valence-corrected chi connectivity index (χ2v) is 9.91. The molecule has 2 aliphatic rings. The number of hydrogen-bond acceptors (Lipinski definition) is 14. The molecule has 2 aromatic rings. The summed E-state index contributed by atoms with van der Waals surface area (Å²) in [6.07, 6.45) is -12.9. The quantitative estimate of drug-likeness (QED) is 0.129. The van der Waals surface area contributed by atoms with E-state index in [0.29, 0.717) is 11.3 Å². The molecule has 10 unspecified atom stereocenters. The number of ether oxygens (including phenoxy) is 5. The van der Waals surface area contributed by atoms with Crippen molar-refractivity contribution in [1.82, 2.24) is 0 Å². The first-order valence-corrected chi connectivity index (χ1v) is 13.0. The molecular formula is C28H34O14. The van der Waals surface area contributed by atoms with Crippen LogP contribution >= 0.6 is 0 Å². The molecule has 2 fully saturated rings. The molecule has 14 heteroatoms. The molecule has 2 heterocycles. The molecule has 8 N–H and O–H groups in total. The predicted octanol–water partition coefficient (Wildman–Crippen LogP) is -0.967. The van der Waals surface area contributed by atoms with Gasteiger partial charge in [0.2, 0.25) is 6.29 Å². The van der Waals surface area contributed by atoms with E-state index in [1.165, 1.54) is 20.1 Å². The van der Waals surface area contributed by atoms with Crippen LogP contribution in [0.5, 0.6) is 23.0 Å². The summed E-state index contributed by atoms with van der Waals surface area (Å²) in [5.74, 6) is -1.66. The van der Waals surface area contributed by atoms with Gasteiger partial charge in [-0.05, 0) is 30.7 Å². The van der Waals surface area contributed by atoms with Crippen molar-refractivity contribution < 1.29 is 69.3 Å². The largest absolute Gasteiger partial charge is 0.507 e. The number of aromatic hydroxyl groups is 2. The molecule has 42 heavy (non-hydrogen) atoms. The van der Waals surface area contributed by atoms with Gasteiger partial charge in [0.25, 0.3) is 0 Å². The van der Waals surface area contributed by atoms with Gasteiger partial charge in [0.1, 0.15) is 65.2 Å². The maximum absolute atomic E-state index is 12.7. The number of carbonyl (C=O) groups is 1. The summed E-state index contributed by atoms with van der Waals surface area (Å²) in [5, 5.41) is 82.2. The van der Waals surface area contributed by atoms with Crippen LogP contribution in [-0.4, -0.2) is 122 Å². The Morgan fingerprint density at radius 2 is 1.50 bits per heavy atom. The van der Waals surface area contributed by atoms with Crippen molar-refractivity contribution in [1.29, 1.82) is 0 Å². The summed E-state index contributed by atoms with van der Waals surface area (Å²) in [6, 6.07) is 8.78. The molecule has 2 saturated heterocycles. The monoisotopic (exact) mass is 594 g/mol. The van der Waals surface area contributed by atoms with Crippen LogP contribution < -0.4 is 9.47 Å². The standard InChI is InChI=1S/C28H34O14/c1-12-21(33)23(35)25(37)27(39-12)42-26-24(36)22(34)19(11-29)41-28(26)40-15-9-17(31)20(18(32)10-15)16(30)8-5-13-3-6-14(38-2)7-4-13/h3-10,12,19,21-29,31-37H,11H2,1-2H3/b8-5+. The minimum absolute atomic E-state index is 0.256. The number of allylic oxidation sites excluding steroid dienone is 1. The lowest BCUT2D eigenvalue weighted by Crippen LogP contribution is -2.64. The van der Waals surface area contributed by atoms with Crippen molar-refractivity contribution in [2.45, 2.75) is 68.3 Å². The maximum atomic E-state index is 12.7. The highest BCUT2D eigenvalue weighted by Crippen LogP contribution is 2.36. The van der Waals surface area contributed by atoms with E-state index in [-0.39, 0.29) is 5.75 Å². The summed E-state index contributed by atoms with van der Waals surface area (Å²) in [5.41, 5.74) is 0.236. The SMILES string of the molecule is COc1ccc(/C=C/C(=O)c2c(O)cc(OC3OC(CO)C(O)C(O)C3OC3OC(C)C(O)C(O)C3O)cc2O)cc1. The average molecular weight is 595 g/mol. The minimum atomic E-state index is -1.78. The van der Waals surface area contributed by atoms with E-state index in [2.05, 4.69) is 0 Å². The summed E-state index contributed by atoms with van der Waals surface area (Å²) >= 11 is 0. The van der Waals surface area contributed by atoms with Crippen LogP contribution in [0.15, 0.2) is 42.5 Å². The van der Waals surface area contributed by atoms with Gasteiger partial charge in [-0.25, -0.2) is 0 Å². The number of rotatable bonds is 9. The average Bonchev–Trinajstić information content (AvgIpc) is 2.97. The molecular weight excluding hydrogens is 560 g/mol. The third kappa shape index (κ3) is 6.67. The molecule has 0 aliphatic carbocycles. The van der Waals surface area contributed by atoms with E-state index in [4.69, 9.17) is 23.7 Å². The number of aliphatic hydroxyl groups excluding tert-OH is 6. The van der Waals surface area contributed by atoms with Gasteiger partial charge < -0.3 is 64.5 Å². The number of ketones is 1. The van der Waals surface area contributed by atoms with Crippen molar-refractivity contribution in [3.8, 4) is 23.0 Å². The third-order valence-electron chi connectivity index (χ3n) is 7.04. The van der Waals surface area contributed by atoms with E-state index in [0.717, 1.165) is 18.2 Å². The van der Waals surface area contributed by atoms with Gasteiger partial charge >= 0.3 is 0 Å². The summed E-state index contributed by atoms with van der Waals surface area (Å²) < 4.78 is 27.3. The van der Waals surface area contributed by atoms with Gasteiger partial charge in [-0.3, -0.25) is 4.79 Å². The van der Waals surface area contributed by atoms with Gasteiger partial charge in [-0.15, -0.1) is 0 Å². The first-order chi connectivity index (χ1) is 19.9. The zero-order valence-electron chi connectivity index (χ0n) is 22.6. The highest BCUT2D eigenvalue weighted by Gasteiger charge is 2.50. The van der Waals surface area contributed by atoms with E-state index >= 15 is 0 Å². The Labute approximate surface area is 240 Å². The molecule has 2 aromatic carbocycles. The van der Waals surface area contributed by atoms with Crippen molar-refractivity contribution >= 4 is 11.9 Å². The Bertz CT molecular complexity index is 1230. The number of aliphatic hydroxyl groups is 6. The molecule has 0 radical (unpaired) electrons. The first-order valence-electron chi connectivity index (χ1n) is 13.0. The molecule has 0 saturated carbocycles. The van der Waals surface area contributed by atoms with Crippen molar-refractivity contribution in [2.24, 2.45) is 0 Å². The first kappa shape index (κ1) is 31.6. The molecule has 0 aromatic heterocycles. The van der Waals surface area contributed by atoms with Gasteiger partial charge in [0.15, 0.2) is 18.2 Å². The van der Waals surface area contributed by atoms with Crippen LogP contribution in [0, 0.1) is 0 Å². The third-order valence-corrected chi connectivity index (χ3v) is 7.04. The number of methoxy groups -OCH3 is 1.